The molecule has 0 bridgehead atoms. The molecule has 0 saturated carbocycles. The van der Waals surface area contributed by atoms with E-state index in [1.807, 2.05) is 0 Å². The molecule has 1 saturated heterocycles. The molecule has 0 radical (unpaired) electrons. The number of nitrogens with two attached hydrogens (primary N) is 1. The van der Waals surface area contributed by atoms with Gasteiger partial charge in [-0.1, -0.05) is 12.2 Å². The van der Waals surface area contributed by atoms with Gasteiger partial charge in [0.05, 0.1) is 12.7 Å². The van der Waals surface area contributed by atoms with Crippen LogP contribution in [0.3, 0.4) is 0 Å². The van der Waals surface area contributed by atoms with E-state index in [-0.39, 0.29) is 18.6 Å². The van der Waals surface area contributed by atoms with Gasteiger partial charge in [0.25, 0.3) is 0 Å². The molecule has 1 aliphatic carbocycles. The predicted molar refractivity (Wildman–Crippen MR) is 82.4 cm³/mol. The minimum atomic E-state index is 0.200. The standard InChI is InChI=1S/C14H20N6O/c15-14-17-12(19-4-1-5-19)11-13(18-14)20(8-16-11)10-3-2-9(6-10)7-21/h2-3,9-10,16,21H,1,4-8H2,(H2,15,17,18)/t9-,10+/m1/s1. The normalized spacial score (nSPS) is 26.7. The third-order valence-corrected chi connectivity index (χ3v) is 4.53. The Bertz CT molecular complexity index is 585. The molecule has 7 nitrogen and oxygen atoms in total. The van der Waals surface area contributed by atoms with E-state index < -0.39 is 0 Å². The van der Waals surface area contributed by atoms with Gasteiger partial charge in [-0.15, -0.1) is 0 Å². The minimum absolute atomic E-state index is 0.200. The largest absolute Gasteiger partial charge is 0.396 e. The minimum Gasteiger partial charge on any atom is -0.396 e. The maximum absolute atomic E-state index is 9.28. The lowest BCUT2D eigenvalue weighted by Gasteiger charge is -2.33. The summed E-state index contributed by atoms with van der Waals surface area (Å²) in [5.74, 6) is 2.38. The Kier molecular flexibility index (Phi) is 2.88. The van der Waals surface area contributed by atoms with Crippen molar-refractivity contribution in [2.24, 2.45) is 5.92 Å². The van der Waals surface area contributed by atoms with E-state index in [0.717, 1.165) is 36.8 Å². The number of nitrogens with zero attached hydrogens (tertiary/aromatic N) is 4. The number of hydrogen-bond acceptors (Lipinski definition) is 7. The second-order valence-corrected chi connectivity index (χ2v) is 5.88. The molecule has 0 aromatic carbocycles. The van der Waals surface area contributed by atoms with Crippen LogP contribution in [0.5, 0.6) is 0 Å². The molecule has 1 aromatic rings. The van der Waals surface area contributed by atoms with Crippen molar-refractivity contribution in [2.75, 3.05) is 47.2 Å². The molecular weight excluding hydrogens is 268 g/mol. The molecule has 112 valence electrons. The molecule has 1 fully saturated rings. The third kappa shape index (κ3) is 1.99. The summed E-state index contributed by atoms with van der Waals surface area (Å²) in [6, 6.07) is 0.259. The molecule has 2 atom stereocenters. The average molecular weight is 288 g/mol. The lowest BCUT2D eigenvalue weighted by atomic mass is 10.1. The van der Waals surface area contributed by atoms with Crippen molar-refractivity contribution in [2.45, 2.75) is 18.9 Å². The second-order valence-electron chi connectivity index (χ2n) is 5.88. The number of nitrogens with one attached hydrogen (secondary N) is 1. The zero-order valence-electron chi connectivity index (χ0n) is 11.9. The fourth-order valence-electron chi connectivity index (χ4n) is 3.21. The Balaban J connectivity index is 1.65. The summed E-state index contributed by atoms with van der Waals surface area (Å²) in [6.07, 6.45) is 6.36. The number of nitrogen functional groups attached to an aromatic ring is 1. The van der Waals surface area contributed by atoms with E-state index in [1.54, 1.807) is 0 Å². The first-order chi connectivity index (χ1) is 10.3. The van der Waals surface area contributed by atoms with Gasteiger partial charge in [-0.2, -0.15) is 9.97 Å². The average Bonchev–Trinajstić information content (AvgIpc) is 3.01. The van der Waals surface area contributed by atoms with Gasteiger partial charge in [0.15, 0.2) is 11.6 Å². The van der Waals surface area contributed by atoms with Crippen LogP contribution in [0.25, 0.3) is 0 Å². The Morgan fingerprint density at radius 3 is 2.76 bits per heavy atom. The molecule has 21 heavy (non-hydrogen) atoms. The highest BCUT2D eigenvalue weighted by Gasteiger charge is 2.34. The number of aromatic nitrogens is 2. The van der Waals surface area contributed by atoms with Gasteiger partial charge >= 0.3 is 0 Å². The van der Waals surface area contributed by atoms with E-state index in [9.17, 15) is 5.11 Å². The van der Waals surface area contributed by atoms with Gasteiger partial charge in [-0.05, 0) is 12.8 Å². The summed E-state index contributed by atoms with van der Waals surface area (Å²) < 4.78 is 0. The highest BCUT2D eigenvalue weighted by molar-refractivity contribution is 5.84. The number of fused-ring (bicyclic) bond motifs is 1. The van der Waals surface area contributed by atoms with Gasteiger partial charge < -0.3 is 26.0 Å². The molecule has 3 aliphatic rings. The van der Waals surface area contributed by atoms with Crippen molar-refractivity contribution < 1.29 is 5.11 Å². The van der Waals surface area contributed by atoms with E-state index >= 15 is 0 Å². The van der Waals surface area contributed by atoms with Crippen molar-refractivity contribution in [3.63, 3.8) is 0 Å². The molecule has 2 aliphatic heterocycles. The summed E-state index contributed by atoms with van der Waals surface area (Å²) in [4.78, 5) is 13.3. The van der Waals surface area contributed by atoms with Gasteiger partial charge in [-0.3, -0.25) is 0 Å². The zero-order chi connectivity index (χ0) is 14.4. The maximum atomic E-state index is 9.28. The summed E-state index contributed by atoms with van der Waals surface area (Å²) in [5.41, 5.74) is 6.89. The summed E-state index contributed by atoms with van der Waals surface area (Å²) in [7, 11) is 0. The number of rotatable bonds is 3. The van der Waals surface area contributed by atoms with Gasteiger partial charge in [-0.25, -0.2) is 0 Å². The number of anilines is 4. The highest BCUT2D eigenvalue weighted by Crippen LogP contribution is 2.41. The molecule has 1 aromatic heterocycles. The van der Waals surface area contributed by atoms with Gasteiger partial charge in [0.2, 0.25) is 5.95 Å². The van der Waals surface area contributed by atoms with Crippen molar-refractivity contribution in [1.29, 1.82) is 0 Å². The lowest BCUT2D eigenvalue weighted by molar-refractivity contribution is 0.248. The van der Waals surface area contributed by atoms with Crippen LogP contribution < -0.4 is 20.9 Å². The van der Waals surface area contributed by atoms with Crippen LogP contribution in [-0.4, -0.2) is 47.5 Å². The summed E-state index contributed by atoms with van der Waals surface area (Å²) in [5, 5.41) is 12.7. The first kappa shape index (κ1) is 12.7. The second kappa shape index (κ2) is 4.77. The topological polar surface area (TPSA) is 90.5 Å². The molecule has 7 heteroatoms. The van der Waals surface area contributed by atoms with Crippen molar-refractivity contribution in [3.05, 3.63) is 12.2 Å². The number of hydrogen-bond donors (Lipinski definition) is 3. The quantitative estimate of drug-likeness (QED) is 0.693. The van der Waals surface area contributed by atoms with Crippen LogP contribution in [0.4, 0.5) is 23.3 Å². The summed E-state index contributed by atoms with van der Waals surface area (Å²) in [6.45, 7) is 2.97. The number of aliphatic hydroxyl groups is 1. The van der Waals surface area contributed by atoms with Crippen LogP contribution in [0.15, 0.2) is 12.2 Å². The fourth-order valence-corrected chi connectivity index (χ4v) is 3.21. The smallest absolute Gasteiger partial charge is 0.224 e. The monoisotopic (exact) mass is 288 g/mol. The third-order valence-electron chi connectivity index (χ3n) is 4.53. The van der Waals surface area contributed by atoms with Gasteiger partial charge in [0, 0.05) is 25.6 Å². The van der Waals surface area contributed by atoms with Gasteiger partial charge in [0.1, 0.15) is 5.69 Å². The highest BCUT2D eigenvalue weighted by atomic mass is 16.3. The fraction of sp³-hybridized carbons (Fsp3) is 0.571. The Morgan fingerprint density at radius 1 is 1.29 bits per heavy atom. The van der Waals surface area contributed by atoms with Crippen molar-refractivity contribution in [3.8, 4) is 0 Å². The van der Waals surface area contributed by atoms with E-state index in [2.05, 4.69) is 37.2 Å². The van der Waals surface area contributed by atoms with Crippen LogP contribution in [0, 0.1) is 5.92 Å². The number of aliphatic hydroxyl groups excluding tert-OH is 1. The van der Waals surface area contributed by atoms with Crippen LogP contribution in [0.1, 0.15) is 12.8 Å². The first-order valence-corrected chi connectivity index (χ1v) is 7.48. The molecular formula is C14H20N6O. The first-order valence-electron chi connectivity index (χ1n) is 7.48. The van der Waals surface area contributed by atoms with Crippen molar-refractivity contribution in [1.82, 2.24) is 9.97 Å². The zero-order valence-corrected chi connectivity index (χ0v) is 11.9. The Hall–Kier alpha value is -2.02. The molecule has 4 rings (SSSR count). The van der Waals surface area contributed by atoms with E-state index in [1.165, 1.54) is 6.42 Å². The molecule has 0 spiro atoms. The summed E-state index contributed by atoms with van der Waals surface area (Å²) >= 11 is 0. The van der Waals surface area contributed by atoms with E-state index in [0.29, 0.717) is 12.6 Å². The lowest BCUT2D eigenvalue weighted by Crippen LogP contribution is -2.38. The van der Waals surface area contributed by atoms with Crippen LogP contribution in [-0.2, 0) is 0 Å². The molecule has 0 amide bonds. The van der Waals surface area contributed by atoms with Crippen molar-refractivity contribution >= 4 is 23.3 Å². The molecule has 0 unspecified atom stereocenters. The predicted octanol–water partition coefficient (Wildman–Crippen LogP) is 0.395. The maximum Gasteiger partial charge on any atom is 0.224 e. The van der Waals surface area contributed by atoms with E-state index in [4.69, 9.17) is 5.73 Å². The SMILES string of the molecule is Nc1nc(N2CCC2)c2c(n1)N([C@H]1C=C[C@@H](CO)C1)CN2. The van der Waals surface area contributed by atoms with Crippen LogP contribution >= 0.6 is 0 Å². The molecule has 3 heterocycles. The molecule has 4 N–H and O–H groups in total. The Labute approximate surface area is 123 Å². The van der Waals surface area contributed by atoms with Crippen LogP contribution in [0.2, 0.25) is 0 Å². The Morgan fingerprint density at radius 2 is 2.10 bits per heavy atom.